The molecule has 4 aromatic rings. The minimum atomic E-state index is 0.116. The lowest BCUT2D eigenvalue weighted by atomic mass is 10.0. The van der Waals surface area contributed by atoms with Crippen molar-refractivity contribution in [1.82, 2.24) is 19.0 Å². The third-order valence-corrected chi connectivity index (χ3v) is 10.4. The van der Waals surface area contributed by atoms with Crippen molar-refractivity contribution in [2.45, 2.75) is 57.0 Å². The maximum absolute atomic E-state index is 13.6. The summed E-state index contributed by atoms with van der Waals surface area (Å²) in [5, 5.41) is 2.35. The first-order valence-corrected chi connectivity index (χ1v) is 15.6. The van der Waals surface area contributed by atoms with E-state index in [2.05, 4.69) is 38.3 Å². The predicted molar refractivity (Wildman–Crippen MR) is 159 cm³/mol. The number of fused-ring (bicyclic) bond motifs is 4. The maximum atomic E-state index is 13.6. The van der Waals surface area contributed by atoms with Crippen LogP contribution in [0.1, 0.15) is 60.4 Å². The summed E-state index contributed by atoms with van der Waals surface area (Å²) in [5.74, 6) is 3.64. The van der Waals surface area contributed by atoms with Crippen LogP contribution in [0.15, 0.2) is 23.6 Å². The fourth-order valence-electron chi connectivity index (χ4n) is 7.26. The Kier molecular flexibility index (Phi) is 6.64. The highest BCUT2D eigenvalue weighted by Crippen LogP contribution is 2.43. The van der Waals surface area contributed by atoms with Crippen molar-refractivity contribution < 1.29 is 14.3 Å². The third-order valence-electron chi connectivity index (χ3n) is 9.46. The molecule has 2 saturated carbocycles. The number of ether oxygens (including phenoxy) is 2. The number of thiophene rings is 1. The molecule has 5 heterocycles. The van der Waals surface area contributed by atoms with Gasteiger partial charge in [0.25, 0.3) is 5.91 Å². The molecule has 8 rings (SSSR count). The highest BCUT2D eigenvalue weighted by atomic mass is 32.1. The molecule has 0 radical (unpaired) electrons. The molecule has 3 aromatic heterocycles. The van der Waals surface area contributed by atoms with Gasteiger partial charge >= 0.3 is 0 Å². The summed E-state index contributed by atoms with van der Waals surface area (Å²) in [6, 6.07) is 6.62. The summed E-state index contributed by atoms with van der Waals surface area (Å²) in [6.07, 6.45) is 7.23. The van der Waals surface area contributed by atoms with Crippen LogP contribution in [0, 0.1) is 11.8 Å². The van der Waals surface area contributed by atoms with Gasteiger partial charge in [-0.05, 0) is 86.6 Å². The molecule has 4 aliphatic rings. The number of hydrogen-bond donors (Lipinski definition) is 1. The smallest absolute Gasteiger partial charge is 0.254 e. The zero-order valence-corrected chi connectivity index (χ0v) is 24.5. The molecule has 2 N–H and O–H groups in total. The molecule has 9 heteroatoms. The SMILES string of the molecule is CN.COc1cc(C(=O)N2C[C@H]3CC[C@@H]2C3)cc2nc(-c3cc4scc(C5CCOC5)c4n3CC3CC3)n(C)c12. The zero-order valence-electron chi connectivity index (χ0n) is 23.7. The average Bonchev–Trinajstić information content (AvgIpc) is 3.60. The number of aromatic nitrogens is 3. The standard InChI is InChI=1S/C30H34N4O3S.CH5N/c1-32-28-23(10-20(11-25(28)36-2)30(35)33-14-18-5-6-21(33)9-18)31-29(32)24-12-26-27(34(24)13-17-3-4-17)22(16-38-26)19-7-8-37-15-19;1-2/h10-12,16-19,21H,3-9,13-15H2,1-2H3;2H2,1H3/t18-,19?,21+;/m0./s1. The summed E-state index contributed by atoms with van der Waals surface area (Å²) in [5.41, 5.74) is 10.9. The topological polar surface area (TPSA) is 87.5 Å². The number of likely N-dealkylation sites (tertiary alicyclic amines) is 1. The van der Waals surface area contributed by atoms with E-state index in [0.29, 0.717) is 29.2 Å². The monoisotopic (exact) mass is 561 g/mol. The number of benzene rings is 1. The average molecular weight is 562 g/mol. The Labute approximate surface area is 239 Å². The Morgan fingerprint density at radius 2 is 2.00 bits per heavy atom. The van der Waals surface area contributed by atoms with Gasteiger partial charge in [-0.25, -0.2) is 4.98 Å². The van der Waals surface area contributed by atoms with E-state index in [1.165, 1.54) is 42.1 Å². The highest BCUT2D eigenvalue weighted by Gasteiger charge is 2.40. The second-order valence-electron chi connectivity index (χ2n) is 11.9. The molecular weight excluding hydrogens is 522 g/mol. The highest BCUT2D eigenvalue weighted by molar-refractivity contribution is 7.17. The molecule has 2 aliphatic carbocycles. The first-order chi connectivity index (χ1) is 19.6. The quantitative estimate of drug-likeness (QED) is 0.342. The number of piperidine rings is 1. The number of imidazole rings is 1. The van der Waals surface area contributed by atoms with Crippen LogP contribution in [0.2, 0.25) is 0 Å². The number of carbonyl (C=O) groups is 1. The van der Waals surface area contributed by atoms with E-state index >= 15 is 0 Å². The zero-order chi connectivity index (χ0) is 27.5. The van der Waals surface area contributed by atoms with Crippen molar-refractivity contribution in [3.05, 3.63) is 34.7 Å². The Balaban J connectivity index is 0.00000130. The van der Waals surface area contributed by atoms with Crippen LogP contribution in [-0.2, 0) is 18.3 Å². The number of nitrogens with zero attached hydrogens (tertiary/aromatic N) is 4. The van der Waals surface area contributed by atoms with Gasteiger partial charge in [0.15, 0.2) is 5.82 Å². The lowest BCUT2D eigenvalue weighted by molar-refractivity contribution is 0.0703. The number of hydrogen-bond acceptors (Lipinski definition) is 6. The van der Waals surface area contributed by atoms with Gasteiger partial charge in [0, 0.05) is 44.3 Å². The van der Waals surface area contributed by atoms with Crippen LogP contribution in [0.5, 0.6) is 5.75 Å². The van der Waals surface area contributed by atoms with Crippen LogP contribution in [0.4, 0.5) is 0 Å². The molecule has 3 atom stereocenters. The molecule has 0 spiro atoms. The van der Waals surface area contributed by atoms with Crippen LogP contribution < -0.4 is 10.5 Å². The van der Waals surface area contributed by atoms with E-state index in [1.807, 2.05) is 23.5 Å². The molecule has 212 valence electrons. The molecule has 2 aliphatic heterocycles. The Morgan fingerprint density at radius 1 is 1.15 bits per heavy atom. The summed E-state index contributed by atoms with van der Waals surface area (Å²) < 4.78 is 17.6. The molecule has 40 heavy (non-hydrogen) atoms. The Hall–Kier alpha value is -2.88. The first-order valence-electron chi connectivity index (χ1n) is 14.7. The fraction of sp³-hybridized carbons (Fsp3) is 0.548. The minimum Gasteiger partial charge on any atom is -0.494 e. The normalized spacial score (nSPS) is 23.8. The number of amides is 1. The Morgan fingerprint density at radius 3 is 2.67 bits per heavy atom. The lowest BCUT2D eigenvalue weighted by Gasteiger charge is -2.27. The summed E-state index contributed by atoms with van der Waals surface area (Å²) in [7, 11) is 5.26. The minimum absolute atomic E-state index is 0.116. The molecule has 1 aromatic carbocycles. The van der Waals surface area contributed by atoms with Crippen LogP contribution in [-0.4, -0.2) is 64.9 Å². The van der Waals surface area contributed by atoms with Crippen molar-refractivity contribution in [2.24, 2.45) is 24.6 Å². The first kappa shape index (κ1) is 26.0. The predicted octanol–water partition coefficient (Wildman–Crippen LogP) is 5.38. The van der Waals surface area contributed by atoms with Gasteiger partial charge in [-0.15, -0.1) is 11.3 Å². The van der Waals surface area contributed by atoms with Crippen LogP contribution in [0.3, 0.4) is 0 Å². The number of carbonyl (C=O) groups excluding carboxylic acids is 1. The van der Waals surface area contributed by atoms with Crippen LogP contribution in [0.25, 0.3) is 32.8 Å². The molecular formula is C31H39N5O3S. The van der Waals surface area contributed by atoms with E-state index in [4.69, 9.17) is 14.5 Å². The van der Waals surface area contributed by atoms with E-state index in [-0.39, 0.29) is 5.91 Å². The molecule has 4 fully saturated rings. The van der Waals surface area contributed by atoms with Crippen molar-refractivity contribution in [2.75, 3.05) is 33.9 Å². The number of aryl methyl sites for hydroxylation is 1. The van der Waals surface area contributed by atoms with E-state index in [9.17, 15) is 4.79 Å². The molecule has 1 amide bonds. The second kappa shape index (κ2) is 10.2. The summed E-state index contributed by atoms with van der Waals surface area (Å²) >= 11 is 1.84. The molecule has 2 bridgehead atoms. The lowest BCUT2D eigenvalue weighted by Crippen LogP contribution is -2.37. The second-order valence-corrected chi connectivity index (χ2v) is 12.8. The van der Waals surface area contributed by atoms with Crippen molar-refractivity contribution in [1.29, 1.82) is 0 Å². The fourth-order valence-corrected chi connectivity index (χ4v) is 8.33. The van der Waals surface area contributed by atoms with Gasteiger partial charge in [-0.1, -0.05) is 0 Å². The molecule has 8 nitrogen and oxygen atoms in total. The molecule has 1 unspecified atom stereocenters. The van der Waals surface area contributed by atoms with Gasteiger partial charge < -0.3 is 29.2 Å². The summed E-state index contributed by atoms with van der Waals surface area (Å²) in [6.45, 7) is 3.58. The largest absolute Gasteiger partial charge is 0.494 e. The van der Waals surface area contributed by atoms with Crippen molar-refractivity contribution in [3.8, 4) is 17.3 Å². The van der Waals surface area contributed by atoms with Gasteiger partial charge in [0.2, 0.25) is 0 Å². The van der Waals surface area contributed by atoms with Crippen LogP contribution >= 0.6 is 11.3 Å². The molecule has 2 saturated heterocycles. The van der Waals surface area contributed by atoms with Crippen molar-refractivity contribution in [3.63, 3.8) is 0 Å². The number of rotatable bonds is 6. The van der Waals surface area contributed by atoms with Gasteiger partial charge in [0.1, 0.15) is 11.3 Å². The number of methoxy groups -OCH3 is 1. The van der Waals surface area contributed by atoms with Gasteiger partial charge in [0.05, 0.1) is 35.1 Å². The van der Waals surface area contributed by atoms with E-state index < -0.39 is 0 Å². The van der Waals surface area contributed by atoms with Crippen molar-refractivity contribution >= 4 is 38.5 Å². The van der Waals surface area contributed by atoms with E-state index in [0.717, 1.165) is 74.0 Å². The maximum Gasteiger partial charge on any atom is 0.254 e. The summed E-state index contributed by atoms with van der Waals surface area (Å²) in [4.78, 5) is 20.8. The third kappa shape index (κ3) is 4.16. The Bertz CT molecular complexity index is 1570. The van der Waals surface area contributed by atoms with Gasteiger partial charge in [-0.3, -0.25) is 4.79 Å². The van der Waals surface area contributed by atoms with Gasteiger partial charge in [-0.2, -0.15) is 0 Å². The van der Waals surface area contributed by atoms with E-state index in [1.54, 1.807) is 7.11 Å². The number of nitrogens with two attached hydrogens (primary N) is 1.